The van der Waals surface area contributed by atoms with Crippen molar-refractivity contribution in [3.8, 4) is 0 Å². The van der Waals surface area contributed by atoms with Gasteiger partial charge >= 0.3 is 11.9 Å². The summed E-state index contributed by atoms with van der Waals surface area (Å²) in [7, 11) is 0. The van der Waals surface area contributed by atoms with E-state index in [4.69, 9.17) is 16.6 Å². The average molecular weight is 232 g/mol. The first-order valence-corrected chi connectivity index (χ1v) is 4.23. The molecule has 0 saturated heterocycles. The van der Waals surface area contributed by atoms with Gasteiger partial charge in [-0.05, 0) is 0 Å². The van der Waals surface area contributed by atoms with E-state index in [1.54, 1.807) is 0 Å². The summed E-state index contributed by atoms with van der Waals surface area (Å²) in [5.41, 5.74) is 7.60. The van der Waals surface area contributed by atoms with Gasteiger partial charge < -0.3 is 15.6 Å². The molecule has 8 heteroatoms. The second-order valence-corrected chi connectivity index (χ2v) is 3.11. The predicted octanol–water partition coefficient (Wildman–Crippen LogP) is -1.88. The van der Waals surface area contributed by atoms with Crippen molar-refractivity contribution in [3.63, 3.8) is 0 Å². The van der Waals surface area contributed by atoms with E-state index in [0.29, 0.717) is 0 Å². The Kier molecular flexibility index (Phi) is 4.58. The zero-order chi connectivity index (χ0) is 12.9. The summed E-state index contributed by atoms with van der Waals surface area (Å²) in [4.78, 5) is 42.6. The van der Waals surface area contributed by atoms with Gasteiger partial charge in [-0.2, -0.15) is 0 Å². The average Bonchev–Trinajstić information content (AvgIpc) is 2.14. The van der Waals surface area contributed by atoms with Crippen LogP contribution >= 0.6 is 0 Å². The number of primary amides is 1. The van der Waals surface area contributed by atoms with Crippen molar-refractivity contribution in [2.24, 2.45) is 11.5 Å². The number of ether oxygens (including phenoxy) is 1. The Hall–Kier alpha value is -1.96. The predicted molar refractivity (Wildman–Crippen MR) is 49.8 cm³/mol. The molecule has 0 rings (SSSR count). The van der Waals surface area contributed by atoms with Crippen molar-refractivity contribution >= 4 is 23.6 Å². The molecule has 0 fully saturated rings. The Morgan fingerprint density at radius 1 is 1.31 bits per heavy atom. The van der Waals surface area contributed by atoms with Crippen molar-refractivity contribution in [2.45, 2.75) is 25.5 Å². The number of hydrogen-bond acceptors (Lipinski definition) is 6. The van der Waals surface area contributed by atoms with Crippen LogP contribution in [-0.4, -0.2) is 34.5 Å². The van der Waals surface area contributed by atoms with Crippen LogP contribution in [0.4, 0.5) is 0 Å². The fraction of sp³-hybridized carbons (Fsp3) is 0.500. The first kappa shape index (κ1) is 14.0. The summed E-state index contributed by atoms with van der Waals surface area (Å²) >= 11 is 0. The van der Waals surface area contributed by atoms with E-state index in [2.05, 4.69) is 4.74 Å². The largest absolute Gasteiger partial charge is 0.477 e. The van der Waals surface area contributed by atoms with Gasteiger partial charge in [-0.25, -0.2) is 9.59 Å². The SMILES string of the molecule is CC(=O)C(=O)OC(N)(CCC(N)=O)C(=O)O. The number of carbonyl (C=O) groups is 4. The molecule has 1 atom stereocenters. The van der Waals surface area contributed by atoms with Crippen LogP contribution in [0.25, 0.3) is 0 Å². The minimum Gasteiger partial charge on any atom is -0.477 e. The van der Waals surface area contributed by atoms with Gasteiger partial charge in [-0.15, -0.1) is 0 Å². The first-order valence-electron chi connectivity index (χ1n) is 4.23. The summed E-state index contributed by atoms with van der Waals surface area (Å²) in [5, 5.41) is 8.71. The summed E-state index contributed by atoms with van der Waals surface area (Å²) in [6.45, 7) is 0.901. The molecule has 0 bridgehead atoms. The smallest absolute Gasteiger partial charge is 0.376 e. The van der Waals surface area contributed by atoms with Crippen molar-refractivity contribution < 1.29 is 29.0 Å². The molecule has 0 radical (unpaired) electrons. The summed E-state index contributed by atoms with van der Waals surface area (Å²) < 4.78 is 4.29. The van der Waals surface area contributed by atoms with Gasteiger partial charge in [0.2, 0.25) is 11.7 Å². The van der Waals surface area contributed by atoms with E-state index in [1.807, 2.05) is 0 Å². The molecule has 8 nitrogen and oxygen atoms in total. The minimum atomic E-state index is -2.42. The molecule has 1 unspecified atom stereocenters. The highest BCUT2D eigenvalue weighted by molar-refractivity contribution is 6.32. The van der Waals surface area contributed by atoms with Crippen LogP contribution in [-0.2, 0) is 23.9 Å². The fourth-order valence-corrected chi connectivity index (χ4v) is 0.748. The lowest BCUT2D eigenvalue weighted by Crippen LogP contribution is -2.53. The van der Waals surface area contributed by atoms with E-state index < -0.39 is 35.8 Å². The maximum Gasteiger partial charge on any atom is 0.376 e. The number of hydrogen-bond donors (Lipinski definition) is 3. The lowest BCUT2D eigenvalue weighted by Gasteiger charge is -2.23. The van der Waals surface area contributed by atoms with Crippen LogP contribution in [0.5, 0.6) is 0 Å². The van der Waals surface area contributed by atoms with Crippen LogP contribution in [0, 0.1) is 0 Å². The van der Waals surface area contributed by atoms with E-state index in [9.17, 15) is 19.2 Å². The van der Waals surface area contributed by atoms with Crippen LogP contribution in [0.3, 0.4) is 0 Å². The Labute approximate surface area is 90.5 Å². The van der Waals surface area contributed by atoms with E-state index >= 15 is 0 Å². The van der Waals surface area contributed by atoms with Crippen molar-refractivity contribution in [3.05, 3.63) is 0 Å². The number of carboxylic acid groups (broad SMARTS) is 1. The Bertz CT molecular complexity index is 339. The number of Topliss-reactive ketones (excluding diaryl/α,β-unsaturated/α-hetero) is 1. The highest BCUT2D eigenvalue weighted by Crippen LogP contribution is 2.12. The Morgan fingerprint density at radius 3 is 2.12 bits per heavy atom. The number of carbonyl (C=O) groups excluding carboxylic acids is 3. The number of nitrogens with two attached hydrogens (primary N) is 2. The summed E-state index contributed by atoms with van der Waals surface area (Å²) in [6.07, 6.45) is -0.884. The van der Waals surface area contributed by atoms with Gasteiger partial charge in [-0.3, -0.25) is 15.3 Å². The van der Waals surface area contributed by atoms with Crippen LogP contribution in [0.1, 0.15) is 19.8 Å². The van der Waals surface area contributed by atoms with Crippen molar-refractivity contribution in [1.82, 2.24) is 0 Å². The Balaban J connectivity index is 4.70. The van der Waals surface area contributed by atoms with Crippen LogP contribution < -0.4 is 11.5 Å². The summed E-state index contributed by atoms with van der Waals surface area (Å²) in [6, 6.07) is 0. The standard InChI is InChI=1S/C8H12N2O6/c1-4(11)6(13)16-8(10,7(14)15)3-2-5(9)12/h2-3,10H2,1H3,(H2,9,12)(H,14,15). The highest BCUT2D eigenvalue weighted by atomic mass is 16.6. The molecule has 0 aromatic heterocycles. The minimum absolute atomic E-state index is 0.381. The second kappa shape index (κ2) is 5.21. The molecule has 0 aromatic rings. The fourth-order valence-electron chi connectivity index (χ4n) is 0.748. The number of carboxylic acids is 1. The third-order valence-electron chi connectivity index (χ3n) is 1.67. The topological polar surface area (TPSA) is 150 Å². The molecule has 90 valence electrons. The molecule has 0 aromatic carbocycles. The molecule has 0 aliphatic heterocycles. The van der Waals surface area contributed by atoms with E-state index in [-0.39, 0.29) is 6.42 Å². The number of aliphatic carboxylic acids is 1. The zero-order valence-electron chi connectivity index (χ0n) is 8.56. The monoisotopic (exact) mass is 232 g/mol. The van der Waals surface area contributed by atoms with E-state index in [1.165, 1.54) is 0 Å². The molecule has 16 heavy (non-hydrogen) atoms. The quantitative estimate of drug-likeness (QED) is 0.275. The van der Waals surface area contributed by atoms with Crippen molar-refractivity contribution in [2.75, 3.05) is 0 Å². The molecule has 0 heterocycles. The maximum absolute atomic E-state index is 10.9. The lowest BCUT2D eigenvalue weighted by atomic mass is 10.1. The first-order chi connectivity index (χ1) is 7.19. The van der Waals surface area contributed by atoms with Gasteiger partial charge in [-0.1, -0.05) is 0 Å². The van der Waals surface area contributed by atoms with E-state index in [0.717, 1.165) is 6.92 Å². The number of esters is 1. The normalized spacial score (nSPS) is 13.6. The molecule has 0 saturated carbocycles. The molecule has 1 amide bonds. The summed E-state index contributed by atoms with van der Waals surface area (Å²) in [5.74, 6) is -4.83. The molecular weight excluding hydrogens is 220 g/mol. The van der Waals surface area contributed by atoms with Crippen LogP contribution in [0.2, 0.25) is 0 Å². The zero-order valence-corrected chi connectivity index (χ0v) is 8.56. The molecule has 0 spiro atoms. The molecular formula is C8H12N2O6. The van der Waals surface area contributed by atoms with Gasteiger partial charge in [0.25, 0.3) is 5.72 Å². The second-order valence-electron chi connectivity index (χ2n) is 3.11. The highest BCUT2D eigenvalue weighted by Gasteiger charge is 2.39. The van der Waals surface area contributed by atoms with Gasteiger partial charge in [0.1, 0.15) is 0 Å². The third kappa shape index (κ3) is 4.05. The number of rotatable bonds is 6. The van der Waals surface area contributed by atoms with Crippen LogP contribution in [0.15, 0.2) is 0 Å². The Morgan fingerprint density at radius 2 is 1.81 bits per heavy atom. The molecule has 0 aliphatic rings. The number of amides is 1. The number of ketones is 1. The molecule has 0 aliphatic carbocycles. The van der Waals surface area contributed by atoms with Crippen molar-refractivity contribution in [1.29, 1.82) is 0 Å². The lowest BCUT2D eigenvalue weighted by molar-refractivity contribution is -0.180. The maximum atomic E-state index is 10.9. The van der Waals surface area contributed by atoms with Gasteiger partial charge in [0.05, 0.1) is 0 Å². The third-order valence-corrected chi connectivity index (χ3v) is 1.67. The van der Waals surface area contributed by atoms with Gasteiger partial charge in [0.15, 0.2) is 0 Å². The molecule has 5 N–H and O–H groups in total. The van der Waals surface area contributed by atoms with Gasteiger partial charge in [0, 0.05) is 19.8 Å².